The van der Waals surface area contributed by atoms with Crippen molar-refractivity contribution in [3.63, 3.8) is 0 Å². The van der Waals surface area contributed by atoms with E-state index < -0.39 is 0 Å². The summed E-state index contributed by atoms with van der Waals surface area (Å²) >= 11 is 0. The van der Waals surface area contributed by atoms with Crippen LogP contribution in [0.4, 0.5) is 0 Å². The van der Waals surface area contributed by atoms with E-state index in [1.165, 1.54) is 0 Å². The molecule has 102 valence electrons. The van der Waals surface area contributed by atoms with E-state index in [2.05, 4.69) is 15.0 Å². The molecule has 21 heavy (non-hydrogen) atoms. The second kappa shape index (κ2) is 4.24. The van der Waals surface area contributed by atoms with Crippen LogP contribution in [0.25, 0.3) is 22.6 Å². The molecule has 0 aliphatic carbocycles. The van der Waals surface area contributed by atoms with Gasteiger partial charge in [-0.3, -0.25) is 9.20 Å². The molecule has 0 aromatic carbocycles. The third-order valence-electron chi connectivity index (χ3n) is 3.53. The Kier molecular flexibility index (Phi) is 2.38. The predicted molar refractivity (Wildman–Crippen MR) is 77.3 cm³/mol. The zero-order chi connectivity index (χ0) is 14.4. The van der Waals surface area contributed by atoms with Crippen molar-refractivity contribution in [2.45, 2.75) is 6.92 Å². The summed E-state index contributed by atoms with van der Waals surface area (Å²) in [5, 5.41) is 0. The SMILES string of the molecule is Cc1cc(-c2ccn3cccnc23)nc2c(C=O)ncn12. The van der Waals surface area contributed by atoms with Crippen molar-refractivity contribution in [1.82, 2.24) is 23.8 Å². The Bertz CT molecular complexity index is 982. The van der Waals surface area contributed by atoms with Crippen LogP contribution in [0.3, 0.4) is 0 Å². The third-order valence-corrected chi connectivity index (χ3v) is 3.53. The molecule has 4 heterocycles. The minimum absolute atomic E-state index is 0.344. The molecule has 0 aliphatic rings. The van der Waals surface area contributed by atoms with Crippen molar-refractivity contribution in [3.8, 4) is 11.3 Å². The van der Waals surface area contributed by atoms with E-state index in [1.807, 2.05) is 41.9 Å². The molecule has 4 aromatic rings. The summed E-state index contributed by atoms with van der Waals surface area (Å²) in [6, 6.07) is 5.81. The second-order valence-corrected chi connectivity index (χ2v) is 4.80. The molecule has 0 spiro atoms. The zero-order valence-corrected chi connectivity index (χ0v) is 11.3. The third kappa shape index (κ3) is 1.66. The summed E-state index contributed by atoms with van der Waals surface area (Å²) in [6.07, 6.45) is 7.96. The number of nitrogens with zero attached hydrogens (tertiary/aromatic N) is 5. The maximum absolute atomic E-state index is 11.1. The average Bonchev–Trinajstić information content (AvgIpc) is 3.10. The number of imidazole rings is 1. The molecule has 0 fully saturated rings. The number of aromatic nitrogens is 5. The van der Waals surface area contributed by atoms with Crippen molar-refractivity contribution >= 4 is 17.6 Å². The number of carbonyl (C=O) groups excluding carboxylic acids is 1. The van der Waals surface area contributed by atoms with Gasteiger partial charge in [-0.25, -0.2) is 15.0 Å². The molecule has 0 atom stereocenters. The summed E-state index contributed by atoms with van der Waals surface area (Å²) < 4.78 is 3.74. The van der Waals surface area contributed by atoms with Gasteiger partial charge in [0.15, 0.2) is 11.9 Å². The van der Waals surface area contributed by atoms with Crippen molar-refractivity contribution in [1.29, 1.82) is 0 Å². The van der Waals surface area contributed by atoms with Gasteiger partial charge < -0.3 is 4.40 Å². The maximum Gasteiger partial charge on any atom is 0.172 e. The van der Waals surface area contributed by atoms with Gasteiger partial charge in [0.1, 0.15) is 17.7 Å². The van der Waals surface area contributed by atoms with Gasteiger partial charge in [-0.2, -0.15) is 0 Å². The van der Waals surface area contributed by atoms with E-state index in [1.54, 1.807) is 16.9 Å². The maximum atomic E-state index is 11.1. The Hall–Kier alpha value is -3.02. The Labute approximate surface area is 119 Å². The molecule has 4 rings (SSSR count). The van der Waals surface area contributed by atoms with Gasteiger partial charge in [-0.1, -0.05) is 0 Å². The highest BCUT2D eigenvalue weighted by molar-refractivity contribution is 5.83. The van der Waals surface area contributed by atoms with E-state index in [0.717, 1.165) is 28.9 Å². The predicted octanol–water partition coefficient (Wildman–Crippen LogP) is 2.16. The van der Waals surface area contributed by atoms with Crippen LogP contribution in [0, 0.1) is 6.92 Å². The molecule has 0 N–H and O–H groups in total. The lowest BCUT2D eigenvalue weighted by atomic mass is 10.2. The first-order valence-corrected chi connectivity index (χ1v) is 6.50. The van der Waals surface area contributed by atoms with Crippen molar-refractivity contribution < 1.29 is 4.79 Å². The van der Waals surface area contributed by atoms with E-state index >= 15 is 0 Å². The first kappa shape index (κ1) is 11.8. The van der Waals surface area contributed by atoms with Crippen molar-refractivity contribution in [2.75, 3.05) is 0 Å². The van der Waals surface area contributed by atoms with E-state index in [4.69, 9.17) is 0 Å². The molecule has 6 heteroatoms. The van der Waals surface area contributed by atoms with Gasteiger partial charge in [0.25, 0.3) is 0 Å². The normalized spacial score (nSPS) is 11.3. The van der Waals surface area contributed by atoms with Crippen LogP contribution in [-0.2, 0) is 0 Å². The fourth-order valence-electron chi connectivity index (χ4n) is 2.50. The molecular weight excluding hydrogens is 266 g/mol. The minimum Gasteiger partial charge on any atom is -0.308 e. The van der Waals surface area contributed by atoms with Crippen molar-refractivity contribution in [2.24, 2.45) is 0 Å². The number of fused-ring (bicyclic) bond motifs is 2. The number of aldehydes is 1. The van der Waals surface area contributed by atoms with E-state index in [0.29, 0.717) is 11.3 Å². The molecular formula is C15H11N5O. The van der Waals surface area contributed by atoms with Gasteiger partial charge in [0.05, 0.1) is 5.69 Å². The molecule has 6 nitrogen and oxygen atoms in total. The molecule has 0 saturated heterocycles. The molecule has 0 bridgehead atoms. The number of hydrogen-bond acceptors (Lipinski definition) is 4. The van der Waals surface area contributed by atoms with Gasteiger partial charge in [-0.15, -0.1) is 0 Å². The Morgan fingerprint density at radius 3 is 2.95 bits per heavy atom. The lowest BCUT2D eigenvalue weighted by Gasteiger charge is -2.04. The van der Waals surface area contributed by atoms with Crippen LogP contribution in [0.15, 0.2) is 43.1 Å². The van der Waals surface area contributed by atoms with Crippen LogP contribution in [0.5, 0.6) is 0 Å². The highest BCUT2D eigenvalue weighted by Crippen LogP contribution is 2.24. The largest absolute Gasteiger partial charge is 0.308 e. The van der Waals surface area contributed by atoms with Gasteiger partial charge in [-0.05, 0) is 25.1 Å². The summed E-state index contributed by atoms with van der Waals surface area (Å²) in [7, 11) is 0. The quantitative estimate of drug-likeness (QED) is 0.527. The molecule has 4 aromatic heterocycles. The molecule has 0 saturated carbocycles. The summed E-state index contributed by atoms with van der Waals surface area (Å²) in [5.74, 6) is 0. The lowest BCUT2D eigenvalue weighted by Crippen LogP contribution is -1.97. The van der Waals surface area contributed by atoms with E-state index in [-0.39, 0.29) is 0 Å². The van der Waals surface area contributed by atoms with E-state index in [9.17, 15) is 4.79 Å². The highest BCUT2D eigenvalue weighted by atomic mass is 16.1. The average molecular weight is 277 g/mol. The minimum atomic E-state index is 0.344. The fraction of sp³-hybridized carbons (Fsp3) is 0.0667. The van der Waals surface area contributed by atoms with Crippen LogP contribution in [0.1, 0.15) is 16.2 Å². The van der Waals surface area contributed by atoms with Gasteiger partial charge in [0.2, 0.25) is 0 Å². The van der Waals surface area contributed by atoms with Gasteiger partial charge >= 0.3 is 0 Å². The first-order valence-electron chi connectivity index (χ1n) is 6.50. The molecule has 0 amide bonds. The smallest absolute Gasteiger partial charge is 0.172 e. The number of rotatable bonds is 2. The number of carbonyl (C=O) groups is 1. The zero-order valence-electron chi connectivity index (χ0n) is 11.3. The lowest BCUT2D eigenvalue weighted by molar-refractivity contribution is 0.112. The highest BCUT2D eigenvalue weighted by Gasteiger charge is 2.13. The van der Waals surface area contributed by atoms with Crippen LogP contribution in [-0.4, -0.2) is 30.0 Å². The van der Waals surface area contributed by atoms with Crippen LogP contribution >= 0.6 is 0 Å². The number of aryl methyl sites for hydroxylation is 1. The summed E-state index contributed by atoms with van der Waals surface area (Å²) in [6.45, 7) is 1.96. The summed E-state index contributed by atoms with van der Waals surface area (Å²) in [4.78, 5) is 24.1. The first-order chi connectivity index (χ1) is 10.3. The topological polar surface area (TPSA) is 64.6 Å². The summed E-state index contributed by atoms with van der Waals surface area (Å²) in [5.41, 5.74) is 4.42. The fourth-order valence-corrected chi connectivity index (χ4v) is 2.50. The monoisotopic (exact) mass is 277 g/mol. The van der Waals surface area contributed by atoms with Crippen LogP contribution < -0.4 is 0 Å². The van der Waals surface area contributed by atoms with Gasteiger partial charge in [0, 0.05) is 29.8 Å². The molecule has 0 unspecified atom stereocenters. The second-order valence-electron chi connectivity index (χ2n) is 4.80. The van der Waals surface area contributed by atoms with Crippen molar-refractivity contribution in [3.05, 3.63) is 54.5 Å². The Morgan fingerprint density at radius 2 is 2.10 bits per heavy atom. The number of hydrogen-bond donors (Lipinski definition) is 0. The molecule has 0 radical (unpaired) electrons. The Balaban J connectivity index is 2.04. The standard InChI is InChI=1S/C15H11N5O/c1-10-7-12(18-15-13(8-21)17-9-20(10)15)11-3-6-19-5-2-4-16-14(11)19/h2-9H,1H3. The van der Waals surface area contributed by atoms with Crippen LogP contribution in [0.2, 0.25) is 0 Å². The molecule has 0 aliphatic heterocycles. The Morgan fingerprint density at radius 1 is 1.19 bits per heavy atom.